The molecule has 0 saturated carbocycles. The monoisotopic (exact) mass is 364 g/mol. The maximum absolute atomic E-state index is 13.1. The molecule has 25 heavy (non-hydrogen) atoms. The van der Waals surface area contributed by atoms with Crippen molar-refractivity contribution in [3.05, 3.63) is 53.4 Å². The number of rotatable bonds is 6. The number of nitrogens with one attached hydrogen (secondary N) is 2. The number of likely N-dealkylation sites (N-methyl/N-ethyl adjacent to an activating group) is 1. The van der Waals surface area contributed by atoms with E-state index in [-0.39, 0.29) is 18.4 Å². The van der Waals surface area contributed by atoms with Gasteiger partial charge in [0.2, 0.25) is 11.8 Å². The van der Waals surface area contributed by atoms with Crippen LogP contribution in [0.5, 0.6) is 0 Å². The lowest BCUT2D eigenvalue weighted by molar-refractivity contribution is -0.122. The zero-order valence-electron chi connectivity index (χ0n) is 13.8. The van der Waals surface area contributed by atoms with E-state index >= 15 is 0 Å². The second-order valence-electron chi connectivity index (χ2n) is 5.50. The van der Waals surface area contributed by atoms with Gasteiger partial charge >= 0.3 is 0 Å². The van der Waals surface area contributed by atoms with Gasteiger partial charge in [0.25, 0.3) is 0 Å². The van der Waals surface area contributed by atoms with Crippen LogP contribution in [-0.4, -0.2) is 41.3 Å². The zero-order valence-corrected chi connectivity index (χ0v) is 14.5. The summed E-state index contributed by atoms with van der Waals surface area (Å²) in [4.78, 5) is 29.8. The molecular formula is C17H18ClFN4O2. The number of carbonyl (C=O) groups excluding carboxylic acids is 2. The number of pyridine rings is 1. The maximum Gasteiger partial charge on any atom is 0.242 e. The van der Waals surface area contributed by atoms with Gasteiger partial charge in [-0.3, -0.25) is 14.5 Å². The van der Waals surface area contributed by atoms with Crippen LogP contribution in [0.4, 0.5) is 15.9 Å². The number of hydrogen-bond donors (Lipinski definition) is 2. The summed E-state index contributed by atoms with van der Waals surface area (Å²) in [7, 11) is 1.64. The first-order chi connectivity index (χ1) is 11.8. The molecule has 1 atom stereocenters. The van der Waals surface area contributed by atoms with Crippen molar-refractivity contribution >= 4 is 34.9 Å². The van der Waals surface area contributed by atoms with Gasteiger partial charge in [-0.15, -0.1) is 0 Å². The summed E-state index contributed by atoms with van der Waals surface area (Å²) in [6.45, 7) is 1.64. The smallest absolute Gasteiger partial charge is 0.242 e. The molecule has 2 N–H and O–H groups in total. The third-order valence-corrected chi connectivity index (χ3v) is 3.74. The van der Waals surface area contributed by atoms with Crippen molar-refractivity contribution in [2.24, 2.45) is 0 Å². The second-order valence-corrected chi connectivity index (χ2v) is 5.94. The van der Waals surface area contributed by atoms with E-state index in [1.165, 1.54) is 24.4 Å². The van der Waals surface area contributed by atoms with Gasteiger partial charge in [-0.05, 0) is 44.3 Å². The first-order valence-corrected chi connectivity index (χ1v) is 7.91. The molecule has 0 aliphatic heterocycles. The average molecular weight is 365 g/mol. The molecular weight excluding hydrogens is 347 g/mol. The van der Waals surface area contributed by atoms with Gasteiger partial charge in [0.15, 0.2) is 0 Å². The highest BCUT2D eigenvalue weighted by Gasteiger charge is 2.20. The standard InChI is InChI=1S/C17H18ClFN4O2/c1-11(17(25)22-15-7-6-12(18)9-20-15)23(2)10-16(24)21-14-5-3-4-13(19)8-14/h3-9,11H,10H2,1-2H3,(H,21,24)(H,20,22,25)/t11-/m1/s1. The van der Waals surface area contributed by atoms with Gasteiger partial charge < -0.3 is 10.6 Å². The highest BCUT2D eigenvalue weighted by Crippen LogP contribution is 2.11. The molecule has 0 aliphatic rings. The average Bonchev–Trinajstić information content (AvgIpc) is 2.56. The van der Waals surface area contributed by atoms with Crippen LogP contribution in [0.25, 0.3) is 0 Å². The normalized spacial score (nSPS) is 11.9. The predicted molar refractivity (Wildman–Crippen MR) is 95.0 cm³/mol. The Kier molecular flexibility index (Phi) is 6.44. The summed E-state index contributed by atoms with van der Waals surface area (Å²) in [6, 6.07) is 8.23. The Morgan fingerprint density at radius 1 is 1.28 bits per heavy atom. The highest BCUT2D eigenvalue weighted by atomic mass is 35.5. The molecule has 0 unspecified atom stereocenters. The van der Waals surface area contributed by atoms with Crippen molar-refractivity contribution < 1.29 is 14.0 Å². The van der Waals surface area contributed by atoms with Gasteiger partial charge in [0, 0.05) is 11.9 Å². The Bertz CT molecular complexity index is 755. The van der Waals surface area contributed by atoms with E-state index in [2.05, 4.69) is 15.6 Å². The summed E-state index contributed by atoms with van der Waals surface area (Å²) < 4.78 is 13.1. The second kappa shape index (κ2) is 8.55. The summed E-state index contributed by atoms with van der Waals surface area (Å²) in [6.07, 6.45) is 1.43. The van der Waals surface area contributed by atoms with E-state index in [0.29, 0.717) is 16.5 Å². The molecule has 2 amide bonds. The van der Waals surface area contributed by atoms with Crippen molar-refractivity contribution in [2.75, 3.05) is 24.2 Å². The van der Waals surface area contributed by atoms with Crippen LogP contribution in [0.2, 0.25) is 5.02 Å². The van der Waals surface area contributed by atoms with Crippen molar-refractivity contribution in [3.8, 4) is 0 Å². The van der Waals surface area contributed by atoms with Crippen LogP contribution in [0.1, 0.15) is 6.92 Å². The summed E-state index contributed by atoms with van der Waals surface area (Å²) in [5, 5.41) is 5.70. The number of benzene rings is 1. The molecule has 1 aromatic carbocycles. The Morgan fingerprint density at radius 3 is 2.68 bits per heavy atom. The summed E-state index contributed by atoms with van der Waals surface area (Å²) >= 11 is 5.74. The van der Waals surface area contributed by atoms with Crippen molar-refractivity contribution in [1.29, 1.82) is 0 Å². The number of carbonyl (C=O) groups is 2. The van der Waals surface area contributed by atoms with Crippen LogP contribution in [0.3, 0.4) is 0 Å². The minimum Gasteiger partial charge on any atom is -0.325 e. The minimum absolute atomic E-state index is 0.0286. The summed E-state index contributed by atoms with van der Waals surface area (Å²) in [5.41, 5.74) is 0.362. The number of amides is 2. The van der Waals surface area contributed by atoms with E-state index < -0.39 is 11.9 Å². The Labute approximate surface area is 150 Å². The lowest BCUT2D eigenvalue weighted by atomic mass is 10.2. The van der Waals surface area contributed by atoms with Crippen molar-refractivity contribution in [3.63, 3.8) is 0 Å². The quantitative estimate of drug-likeness (QED) is 0.826. The Morgan fingerprint density at radius 2 is 2.04 bits per heavy atom. The number of halogens is 2. The molecule has 0 saturated heterocycles. The third kappa shape index (κ3) is 5.81. The molecule has 0 fully saturated rings. The van der Waals surface area contributed by atoms with Crippen molar-refractivity contribution in [2.45, 2.75) is 13.0 Å². The van der Waals surface area contributed by atoms with Gasteiger partial charge in [0.1, 0.15) is 11.6 Å². The number of aromatic nitrogens is 1. The SMILES string of the molecule is C[C@H](C(=O)Nc1ccc(Cl)cn1)N(C)CC(=O)Nc1cccc(F)c1. The van der Waals surface area contributed by atoms with E-state index in [4.69, 9.17) is 11.6 Å². The Balaban J connectivity index is 1.88. The molecule has 0 spiro atoms. The third-order valence-electron chi connectivity index (χ3n) is 3.52. The fourth-order valence-electron chi connectivity index (χ4n) is 2.01. The van der Waals surface area contributed by atoms with Gasteiger partial charge in [0.05, 0.1) is 17.6 Å². The first-order valence-electron chi connectivity index (χ1n) is 7.53. The minimum atomic E-state index is -0.573. The molecule has 8 heteroatoms. The lowest BCUT2D eigenvalue weighted by Gasteiger charge is -2.23. The molecule has 0 bridgehead atoms. The number of anilines is 2. The van der Waals surface area contributed by atoms with Gasteiger partial charge in [-0.25, -0.2) is 9.37 Å². The van der Waals surface area contributed by atoms with Crippen LogP contribution < -0.4 is 10.6 Å². The summed E-state index contributed by atoms with van der Waals surface area (Å²) in [5.74, 6) is -0.721. The topological polar surface area (TPSA) is 74.3 Å². The van der Waals surface area contributed by atoms with Crippen molar-refractivity contribution in [1.82, 2.24) is 9.88 Å². The Hall–Kier alpha value is -2.51. The van der Waals surface area contributed by atoms with Gasteiger partial charge in [-0.2, -0.15) is 0 Å². The van der Waals surface area contributed by atoms with E-state index in [0.717, 1.165) is 0 Å². The fourth-order valence-corrected chi connectivity index (χ4v) is 2.12. The molecule has 1 heterocycles. The maximum atomic E-state index is 13.1. The predicted octanol–water partition coefficient (Wildman–Crippen LogP) is 2.77. The van der Waals surface area contributed by atoms with Gasteiger partial charge in [-0.1, -0.05) is 17.7 Å². The molecule has 2 rings (SSSR count). The molecule has 2 aromatic rings. The number of hydrogen-bond acceptors (Lipinski definition) is 4. The molecule has 132 valence electrons. The van der Waals surface area contributed by atoms with Crippen LogP contribution in [-0.2, 0) is 9.59 Å². The fraction of sp³-hybridized carbons (Fsp3) is 0.235. The lowest BCUT2D eigenvalue weighted by Crippen LogP contribution is -2.43. The van der Waals surface area contributed by atoms with E-state index in [1.54, 1.807) is 37.1 Å². The van der Waals surface area contributed by atoms with Crippen LogP contribution in [0.15, 0.2) is 42.6 Å². The molecule has 0 radical (unpaired) electrons. The van der Waals surface area contributed by atoms with Crippen LogP contribution >= 0.6 is 11.6 Å². The number of nitrogens with zero attached hydrogens (tertiary/aromatic N) is 2. The van der Waals surface area contributed by atoms with Crippen LogP contribution in [0, 0.1) is 5.82 Å². The van der Waals surface area contributed by atoms with E-state index in [9.17, 15) is 14.0 Å². The molecule has 6 nitrogen and oxygen atoms in total. The first kappa shape index (κ1) is 18.8. The molecule has 1 aromatic heterocycles. The zero-order chi connectivity index (χ0) is 18.4. The highest BCUT2D eigenvalue weighted by molar-refractivity contribution is 6.30. The van der Waals surface area contributed by atoms with E-state index in [1.807, 2.05) is 0 Å². The largest absolute Gasteiger partial charge is 0.325 e. The molecule has 0 aliphatic carbocycles.